The van der Waals surface area contributed by atoms with Crippen LogP contribution in [0.1, 0.15) is 35.2 Å². The molecule has 1 aliphatic rings. The Kier molecular flexibility index (Phi) is 5.27. The number of ether oxygens (including phenoxy) is 1. The number of rotatable bonds is 6. The predicted molar refractivity (Wildman–Crippen MR) is 80.4 cm³/mol. The van der Waals surface area contributed by atoms with E-state index in [2.05, 4.69) is 5.32 Å². The van der Waals surface area contributed by atoms with Crippen molar-refractivity contribution in [3.63, 3.8) is 0 Å². The molecule has 0 fully saturated rings. The molecule has 2 rings (SSSR count). The van der Waals surface area contributed by atoms with Crippen molar-refractivity contribution in [1.82, 2.24) is 10.2 Å². The van der Waals surface area contributed by atoms with Crippen LogP contribution >= 0.6 is 0 Å². The first kappa shape index (κ1) is 16.2. The van der Waals surface area contributed by atoms with Crippen LogP contribution in [0.15, 0.2) is 24.3 Å². The fourth-order valence-corrected chi connectivity index (χ4v) is 2.48. The highest BCUT2D eigenvalue weighted by Crippen LogP contribution is 2.28. The molecule has 118 valence electrons. The van der Waals surface area contributed by atoms with Gasteiger partial charge in [0.1, 0.15) is 6.54 Å². The maximum absolute atomic E-state index is 12.4. The SMILES string of the molecule is COCCCNC(=O)CN1C(=O)c2ccccc2C(C)C1=O. The minimum Gasteiger partial charge on any atom is -0.385 e. The van der Waals surface area contributed by atoms with Crippen molar-refractivity contribution in [3.05, 3.63) is 35.4 Å². The van der Waals surface area contributed by atoms with Gasteiger partial charge in [-0.15, -0.1) is 0 Å². The normalized spacial score (nSPS) is 17.4. The van der Waals surface area contributed by atoms with Crippen LogP contribution in [-0.2, 0) is 14.3 Å². The van der Waals surface area contributed by atoms with Crippen LogP contribution in [-0.4, -0.2) is 49.4 Å². The van der Waals surface area contributed by atoms with Gasteiger partial charge in [-0.2, -0.15) is 0 Å². The predicted octanol–water partition coefficient (Wildman–Crippen LogP) is 0.925. The Labute approximate surface area is 129 Å². The number of methoxy groups -OCH3 is 1. The second kappa shape index (κ2) is 7.17. The Morgan fingerprint density at radius 3 is 2.77 bits per heavy atom. The molecule has 0 aliphatic carbocycles. The van der Waals surface area contributed by atoms with Crippen LogP contribution in [0.3, 0.4) is 0 Å². The molecular formula is C16H20N2O4. The number of nitrogens with zero attached hydrogens (tertiary/aromatic N) is 1. The van der Waals surface area contributed by atoms with Crippen molar-refractivity contribution in [1.29, 1.82) is 0 Å². The van der Waals surface area contributed by atoms with E-state index < -0.39 is 11.8 Å². The highest BCUT2D eigenvalue weighted by atomic mass is 16.5. The monoisotopic (exact) mass is 304 g/mol. The number of hydrogen-bond donors (Lipinski definition) is 1. The van der Waals surface area contributed by atoms with Crippen molar-refractivity contribution < 1.29 is 19.1 Å². The first-order valence-corrected chi connectivity index (χ1v) is 7.26. The van der Waals surface area contributed by atoms with E-state index in [1.54, 1.807) is 38.3 Å². The zero-order valence-corrected chi connectivity index (χ0v) is 12.8. The van der Waals surface area contributed by atoms with Gasteiger partial charge in [-0.1, -0.05) is 18.2 Å². The molecule has 0 spiro atoms. The van der Waals surface area contributed by atoms with E-state index in [4.69, 9.17) is 4.74 Å². The van der Waals surface area contributed by atoms with Gasteiger partial charge < -0.3 is 10.1 Å². The molecule has 0 saturated carbocycles. The first-order chi connectivity index (χ1) is 10.6. The minimum absolute atomic E-state index is 0.247. The van der Waals surface area contributed by atoms with Crippen molar-refractivity contribution in [3.8, 4) is 0 Å². The number of carbonyl (C=O) groups is 3. The largest absolute Gasteiger partial charge is 0.385 e. The fourth-order valence-electron chi connectivity index (χ4n) is 2.48. The third-order valence-electron chi connectivity index (χ3n) is 3.69. The van der Waals surface area contributed by atoms with Gasteiger partial charge in [0.15, 0.2) is 0 Å². The summed E-state index contributed by atoms with van der Waals surface area (Å²) in [6.07, 6.45) is 0.684. The van der Waals surface area contributed by atoms with Gasteiger partial charge in [0.25, 0.3) is 5.91 Å². The number of imide groups is 1. The van der Waals surface area contributed by atoms with Gasteiger partial charge in [-0.25, -0.2) is 0 Å². The fraction of sp³-hybridized carbons (Fsp3) is 0.438. The molecule has 0 saturated heterocycles. The lowest BCUT2D eigenvalue weighted by Crippen LogP contribution is -2.48. The lowest BCUT2D eigenvalue weighted by Gasteiger charge is -2.30. The van der Waals surface area contributed by atoms with E-state index >= 15 is 0 Å². The van der Waals surface area contributed by atoms with Gasteiger partial charge >= 0.3 is 0 Å². The molecule has 6 nitrogen and oxygen atoms in total. The Hall–Kier alpha value is -2.21. The van der Waals surface area contributed by atoms with Gasteiger partial charge in [-0.05, 0) is 25.0 Å². The summed E-state index contributed by atoms with van der Waals surface area (Å²) < 4.78 is 4.89. The Morgan fingerprint density at radius 1 is 1.32 bits per heavy atom. The summed E-state index contributed by atoms with van der Waals surface area (Å²) >= 11 is 0. The average Bonchev–Trinajstić information content (AvgIpc) is 2.53. The summed E-state index contributed by atoms with van der Waals surface area (Å²) in [5.74, 6) is -1.51. The smallest absolute Gasteiger partial charge is 0.261 e. The van der Waals surface area contributed by atoms with Crippen LogP contribution in [0.25, 0.3) is 0 Å². The maximum atomic E-state index is 12.4. The summed E-state index contributed by atoms with van der Waals surface area (Å²) in [6, 6.07) is 7.01. The number of amides is 3. The van der Waals surface area contributed by atoms with E-state index in [-0.39, 0.29) is 18.4 Å². The third-order valence-corrected chi connectivity index (χ3v) is 3.69. The van der Waals surface area contributed by atoms with Crippen LogP contribution in [0, 0.1) is 0 Å². The van der Waals surface area contributed by atoms with E-state index in [0.717, 1.165) is 4.90 Å². The van der Waals surface area contributed by atoms with Crippen molar-refractivity contribution in [2.45, 2.75) is 19.3 Å². The molecule has 6 heteroatoms. The van der Waals surface area contributed by atoms with Gasteiger partial charge in [0.05, 0.1) is 5.92 Å². The van der Waals surface area contributed by atoms with E-state index in [1.807, 2.05) is 0 Å². The molecule has 1 aliphatic heterocycles. The molecule has 1 aromatic carbocycles. The standard InChI is InChI=1S/C16H20N2O4/c1-11-12-6-3-4-7-13(12)16(21)18(15(11)20)10-14(19)17-8-5-9-22-2/h3-4,6-7,11H,5,8-10H2,1-2H3,(H,17,19). The molecule has 0 aromatic heterocycles. The maximum Gasteiger partial charge on any atom is 0.261 e. The molecule has 1 heterocycles. The minimum atomic E-state index is -0.421. The quantitative estimate of drug-likeness (QED) is 0.626. The summed E-state index contributed by atoms with van der Waals surface area (Å²) in [6.45, 7) is 2.50. The molecular weight excluding hydrogens is 284 g/mol. The number of carbonyl (C=O) groups excluding carboxylic acids is 3. The Balaban J connectivity index is 2.04. The molecule has 1 N–H and O–H groups in total. The summed E-state index contributed by atoms with van der Waals surface area (Å²) in [4.78, 5) is 37.6. The zero-order chi connectivity index (χ0) is 16.1. The molecule has 1 atom stereocenters. The Morgan fingerprint density at radius 2 is 2.05 bits per heavy atom. The molecule has 0 bridgehead atoms. The number of nitrogens with one attached hydrogen (secondary N) is 1. The topological polar surface area (TPSA) is 75.7 Å². The van der Waals surface area contributed by atoms with Crippen LogP contribution in [0.4, 0.5) is 0 Å². The average molecular weight is 304 g/mol. The zero-order valence-electron chi connectivity index (χ0n) is 12.8. The summed E-state index contributed by atoms with van der Waals surface area (Å²) in [5.41, 5.74) is 1.20. The number of fused-ring (bicyclic) bond motifs is 1. The molecule has 0 radical (unpaired) electrons. The third kappa shape index (κ3) is 3.33. The van der Waals surface area contributed by atoms with Gasteiger partial charge in [0, 0.05) is 25.8 Å². The molecule has 3 amide bonds. The lowest BCUT2D eigenvalue weighted by molar-refractivity contribution is -0.134. The highest BCUT2D eigenvalue weighted by Gasteiger charge is 2.36. The number of hydrogen-bond acceptors (Lipinski definition) is 4. The van der Waals surface area contributed by atoms with E-state index in [1.165, 1.54) is 0 Å². The van der Waals surface area contributed by atoms with Crippen LogP contribution < -0.4 is 5.32 Å². The van der Waals surface area contributed by atoms with E-state index in [9.17, 15) is 14.4 Å². The molecule has 1 unspecified atom stereocenters. The van der Waals surface area contributed by atoms with Crippen molar-refractivity contribution in [2.24, 2.45) is 0 Å². The van der Waals surface area contributed by atoms with Crippen LogP contribution in [0.5, 0.6) is 0 Å². The summed E-state index contributed by atoms with van der Waals surface area (Å²) in [5, 5.41) is 2.68. The second-order valence-corrected chi connectivity index (χ2v) is 5.23. The number of benzene rings is 1. The van der Waals surface area contributed by atoms with Gasteiger partial charge in [0.2, 0.25) is 11.8 Å². The van der Waals surface area contributed by atoms with E-state index in [0.29, 0.717) is 30.7 Å². The highest BCUT2D eigenvalue weighted by molar-refractivity contribution is 6.12. The van der Waals surface area contributed by atoms with Gasteiger partial charge in [-0.3, -0.25) is 19.3 Å². The first-order valence-electron chi connectivity index (χ1n) is 7.26. The lowest BCUT2D eigenvalue weighted by atomic mass is 9.90. The van der Waals surface area contributed by atoms with Crippen molar-refractivity contribution >= 4 is 17.7 Å². The molecule has 1 aromatic rings. The second-order valence-electron chi connectivity index (χ2n) is 5.23. The molecule has 22 heavy (non-hydrogen) atoms. The summed E-state index contributed by atoms with van der Waals surface area (Å²) in [7, 11) is 1.59. The van der Waals surface area contributed by atoms with Crippen LogP contribution in [0.2, 0.25) is 0 Å². The van der Waals surface area contributed by atoms with Crippen molar-refractivity contribution in [2.75, 3.05) is 26.8 Å². The Bertz CT molecular complexity index is 585.